The lowest BCUT2D eigenvalue weighted by Gasteiger charge is -2.10. The van der Waals surface area contributed by atoms with Gasteiger partial charge in [-0.05, 0) is 38.5 Å². The Kier molecular flexibility index (Phi) is 3.03. The fourth-order valence-corrected chi connectivity index (χ4v) is 2.42. The van der Waals surface area contributed by atoms with Crippen LogP contribution in [-0.2, 0) is 6.61 Å². The summed E-state index contributed by atoms with van der Waals surface area (Å²) in [5.74, 6) is 0. The van der Waals surface area contributed by atoms with Crippen LogP contribution in [0.1, 0.15) is 22.6 Å². The van der Waals surface area contributed by atoms with Crippen molar-refractivity contribution >= 4 is 10.9 Å². The van der Waals surface area contributed by atoms with Crippen molar-refractivity contribution in [1.82, 2.24) is 14.8 Å². The number of pyridine rings is 1. The van der Waals surface area contributed by atoms with E-state index in [2.05, 4.69) is 23.9 Å². The predicted molar refractivity (Wildman–Crippen MR) is 79.0 cm³/mol. The van der Waals surface area contributed by atoms with E-state index in [9.17, 15) is 5.11 Å². The van der Waals surface area contributed by atoms with Crippen molar-refractivity contribution in [2.45, 2.75) is 27.4 Å². The summed E-state index contributed by atoms with van der Waals surface area (Å²) >= 11 is 0. The molecular weight excluding hydrogens is 250 g/mol. The van der Waals surface area contributed by atoms with Crippen molar-refractivity contribution < 1.29 is 5.11 Å². The fourth-order valence-electron chi connectivity index (χ4n) is 2.42. The van der Waals surface area contributed by atoms with E-state index in [1.54, 1.807) is 0 Å². The van der Waals surface area contributed by atoms with Gasteiger partial charge in [-0.1, -0.05) is 18.2 Å². The monoisotopic (exact) mass is 267 g/mol. The first-order valence-corrected chi connectivity index (χ1v) is 6.64. The maximum Gasteiger partial charge on any atom is 0.0854 e. The average Bonchev–Trinajstić information content (AvgIpc) is 2.73. The number of aliphatic hydroxyl groups excluding tert-OH is 1. The van der Waals surface area contributed by atoms with E-state index in [1.807, 2.05) is 41.9 Å². The van der Waals surface area contributed by atoms with Gasteiger partial charge in [0.15, 0.2) is 0 Å². The molecule has 4 nitrogen and oxygen atoms in total. The number of aromatic nitrogens is 3. The number of para-hydroxylation sites is 1. The molecule has 0 saturated carbocycles. The molecular formula is C16H17N3O. The summed E-state index contributed by atoms with van der Waals surface area (Å²) in [6.07, 6.45) is 0. The number of aliphatic hydroxyl groups is 1. The Balaban J connectivity index is 2.37. The van der Waals surface area contributed by atoms with Gasteiger partial charge >= 0.3 is 0 Å². The summed E-state index contributed by atoms with van der Waals surface area (Å²) in [6.45, 7) is 6.07. The van der Waals surface area contributed by atoms with E-state index in [0.717, 1.165) is 28.0 Å². The number of hydrogen-bond donors (Lipinski definition) is 1. The second-order valence-electron chi connectivity index (χ2n) is 5.02. The molecule has 3 aromatic rings. The molecule has 3 rings (SSSR count). The molecule has 1 aromatic carbocycles. The van der Waals surface area contributed by atoms with Crippen LogP contribution < -0.4 is 0 Å². The summed E-state index contributed by atoms with van der Waals surface area (Å²) in [7, 11) is 0. The van der Waals surface area contributed by atoms with Crippen molar-refractivity contribution in [3.63, 3.8) is 0 Å². The third-order valence-corrected chi connectivity index (χ3v) is 3.79. The Bertz CT molecular complexity index is 790. The largest absolute Gasteiger partial charge is 0.390 e. The van der Waals surface area contributed by atoms with Gasteiger partial charge in [-0.2, -0.15) is 5.10 Å². The zero-order valence-corrected chi connectivity index (χ0v) is 11.9. The summed E-state index contributed by atoms with van der Waals surface area (Å²) in [5.41, 5.74) is 5.82. The van der Waals surface area contributed by atoms with Crippen LogP contribution in [0.2, 0.25) is 0 Å². The number of hydrogen-bond acceptors (Lipinski definition) is 3. The van der Waals surface area contributed by atoms with Crippen LogP contribution in [0.25, 0.3) is 16.6 Å². The van der Waals surface area contributed by atoms with Crippen molar-refractivity contribution in [3.05, 3.63) is 53.0 Å². The van der Waals surface area contributed by atoms with E-state index < -0.39 is 0 Å². The van der Waals surface area contributed by atoms with Gasteiger partial charge in [0, 0.05) is 11.1 Å². The first kappa shape index (κ1) is 12.8. The van der Waals surface area contributed by atoms with Gasteiger partial charge in [-0.25, -0.2) is 4.68 Å². The normalized spacial score (nSPS) is 11.2. The molecule has 0 radical (unpaired) electrons. The third-order valence-electron chi connectivity index (χ3n) is 3.79. The van der Waals surface area contributed by atoms with E-state index in [4.69, 9.17) is 0 Å². The Hall–Kier alpha value is -2.20. The standard InChI is InChI=1S/C16H17N3O/c1-10-11(2)18-19(12(10)3)16-8-13(9-20)17-15-7-5-4-6-14(15)16/h4-8,20H,9H2,1-3H3. The summed E-state index contributed by atoms with van der Waals surface area (Å²) in [5, 5.41) is 15.1. The lowest BCUT2D eigenvalue weighted by atomic mass is 10.1. The van der Waals surface area contributed by atoms with E-state index in [0.29, 0.717) is 5.69 Å². The van der Waals surface area contributed by atoms with Crippen molar-refractivity contribution in [2.24, 2.45) is 0 Å². The second kappa shape index (κ2) is 4.72. The highest BCUT2D eigenvalue weighted by Crippen LogP contribution is 2.25. The third kappa shape index (κ3) is 1.89. The molecule has 2 aromatic heterocycles. The number of fused-ring (bicyclic) bond motifs is 1. The number of nitrogens with zero attached hydrogens (tertiary/aromatic N) is 3. The molecule has 0 atom stereocenters. The molecule has 0 unspecified atom stereocenters. The molecule has 0 amide bonds. The highest BCUT2D eigenvalue weighted by molar-refractivity contribution is 5.87. The van der Waals surface area contributed by atoms with Gasteiger partial charge in [0.1, 0.15) is 0 Å². The van der Waals surface area contributed by atoms with Crippen LogP contribution in [0, 0.1) is 20.8 Å². The summed E-state index contributed by atoms with van der Waals surface area (Å²) in [4.78, 5) is 4.45. The van der Waals surface area contributed by atoms with Crippen molar-refractivity contribution in [2.75, 3.05) is 0 Å². The molecule has 4 heteroatoms. The maximum absolute atomic E-state index is 9.41. The Morgan fingerprint density at radius 1 is 1.15 bits per heavy atom. The van der Waals surface area contributed by atoms with Crippen molar-refractivity contribution in [3.8, 4) is 5.69 Å². The molecule has 0 bridgehead atoms. The van der Waals surface area contributed by atoms with Crippen LogP contribution in [0.3, 0.4) is 0 Å². The highest BCUT2D eigenvalue weighted by atomic mass is 16.3. The molecule has 0 aliphatic heterocycles. The second-order valence-corrected chi connectivity index (χ2v) is 5.02. The predicted octanol–water partition coefficient (Wildman–Crippen LogP) is 2.84. The van der Waals surface area contributed by atoms with Gasteiger partial charge in [-0.3, -0.25) is 4.98 Å². The van der Waals surface area contributed by atoms with Crippen LogP contribution in [0.15, 0.2) is 30.3 Å². The first-order valence-electron chi connectivity index (χ1n) is 6.64. The summed E-state index contributed by atoms with van der Waals surface area (Å²) < 4.78 is 1.94. The van der Waals surface area contributed by atoms with E-state index >= 15 is 0 Å². The van der Waals surface area contributed by atoms with Crippen LogP contribution >= 0.6 is 0 Å². The minimum Gasteiger partial charge on any atom is -0.390 e. The van der Waals surface area contributed by atoms with Crippen LogP contribution in [0.4, 0.5) is 0 Å². The van der Waals surface area contributed by atoms with Gasteiger partial charge in [0.05, 0.1) is 29.2 Å². The van der Waals surface area contributed by atoms with E-state index in [-0.39, 0.29) is 6.61 Å². The molecule has 0 aliphatic carbocycles. The first-order chi connectivity index (χ1) is 9.61. The molecule has 1 N–H and O–H groups in total. The zero-order chi connectivity index (χ0) is 14.3. The highest BCUT2D eigenvalue weighted by Gasteiger charge is 2.13. The maximum atomic E-state index is 9.41. The minimum atomic E-state index is -0.0733. The number of aryl methyl sites for hydroxylation is 1. The van der Waals surface area contributed by atoms with Gasteiger partial charge in [0.25, 0.3) is 0 Å². The Labute approximate surface area is 117 Å². The van der Waals surface area contributed by atoms with E-state index in [1.165, 1.54) is 5.56 Å². The Morgan fingerprint density at radius 2 is 1.90 bits per heavy atom. The molecule has 0 aliphatic rings. The molecule has 20 heavy (non-hydrogen) atoms. The molecule has 0 spiro atoms. The van der Waals surface area contributed by atoms with Gasteiger partial charge in [-0.15, -0.1) is 0 Å². The molecule has 102 valence electrons. The lowest BCUT2D eigenvalue weighted by Crippen LogP contribution is -2.03. The quantitative estimate of drug-likeness (QED) is 0.776. The zero-order valence-electron chi connectivity index (χ0n) is 11.9. The van der Waals surface area contributed by atoms with Crippen molar-refractivity contribution in [1.29, 1.82) is 0 Å². The number of rotatable bonds is 2. The lowest BCUT2D eigenvalue weighted by molar-refractivity contribution is 0.277. The van der Waals surface area contributed by atoms with Crippen LogP contribution in [-0.4, -0.2) is 19.9 Å². The van der Waals surface area contributed by atoms with Crippen LogP contribution in [0.5, 0.6) is 0 Å². The number of benzene rings is 1. The summed E-state index contributed by atoms with van der Waals surface area (Å²) in [6, 6.07) is 9.83. The molecule has 2 heterocycles. The SMILES string of the molecule is Cc1nn(-c2cc(CO)nc3ccccc23)c(C)c1C. The average molecular weight is 267 g/mol. The molecule has 0 saturated heterocycles. The fraction of sp³-hybridized carbons (Fsp3) is 0.250. The Morgan fingerprint density at radius 3 is 2.55 bits per heavy atom. The van der Waals surface area contributed by atoms with Gasteiger partial charge < -0.3 is 5.11 Å². The smallest absolute Gasteiger partial charge is 0.0854 e. The molecule has 0 fully saturated rings. The van der Waals surface area contributed by atoms with Gasteiger partial charge in [0.2, 0.25) is 0 Å². The topological polar surface area (TPSA) is 50.9 Å². The minimum absolute atomic E-state index is 0.0733.